The van der Waals surface area contributed by atoms with Crippen LogP contribution < -0.4 is 5.32 Å². The molecule has 2 rings (SSSR count). The number of carbonyl (C=O) groups excluding carboxylic acids is 1. The molecule has 0 unspecified atom stereocenters. The average Bonchev–Trinajstić information content (AvgIpc) is 2.25. The van der Waals surface area contributed by atoms with Gasteiger partial charge in [0.15, 0.2) is 0 Å². The minimum atomic E-state index is -0.0579. The molecule has 0 saturated carbocycles. The summed E-state index contributed by atoms with van der Waals surface area (Å²) in [5.74, 6) is -0.0579. The van der Waals surface area contributed by atoms with E-state index in [-0.39, 0.29) is 5.91 Å². The van der Waals surface area contributed by atoms with Crippen molar-refractivity contribution in [3.8, 4) is 0 Å². The molecular formula is C17H18BrNO. The third-order valence-corrected chi connectivity index (χ3v) is 3.66. The highest BCUT2D eigenvalue weighted by molar-refractivity contribution is 9.10. The van der Waals surface area contributed by atoms with E-state index < -0.39 is 0 Å². The van der Waals surface area contributed by atoms with Gasteiger partial charge in [-0.3, -0.25) is 4.79 Å². The number of anilines is 1. The van der Waals surface area contributed by atoms with Gasteiger partial charge >= 0.3 is 0 Å². The fraction of sp³-hybridized carbons (Fsp3) is 0.235. The third-order valence-electron chi connectivity index (χ3n) is 3.20. The van der Waals surface area contributed by atoms with Crippen molar-refractivity contribution < 1.29 is 4.79 Å². The molecule has 0 fully saturated rings. The minimum absolute atomic E-state index is 0.0579. The molecule has 0 bridgehead atoms. The molecule has 2 nitrogen and oxygen atoms in total. The Labute approximate surface area is 128 Å². The number of halogens is 1. The maximum absolute atomic E-state index is 12.5. The Morgan fingerprint density at radius 1 is 0.900 bits per heavy atom. The van der Waals surface area contributed by atoms with Crippen molar-refractivity contribution in [2.24, 2.45) is 0 Å². The molecule has 0 aliphatic rings. The van der Waals surface area contributed by atoms with Crippen molar-refractivity contribution in [1.29, 1.82) is 0 Å². The molecule has 0 radical (unpaired) electrons. The van der Waals surface area contributed by atoms with E-state index in [9.17, 15) is 4.79 Å². The number of hydrogen-bond acceptors (Lipinski definition) is 1. The molecule has 2 aromatic carbocycles. The van der Waals surface area contributed by atoms with Crippen LogP contribution in [0.15, 0.2) is 34.8 Å². The number of benzene rings is 2. The Morgan fingerprint density at radius 3 is 2.00 bits per heavy atom. The van der Waals surface area contributed by atoms with Crippen LogP contribution in [-0.4, -0.2) is 5.91 Å². The monoisotopic (exact) mass is 331 g/mol. The van der Waals surface area contributed by atoms with Crippen LogP contribution in [0.4, 0.5) is 5.69 Å². The van der Waals surface area contributed by atoms with E-state index in [1.165, 1.54) is 5.56 Å². The zero-order valence-corrected chi connectivity index (χ0v) is 13.8. The molecule has 1 N–H and O–H groups in total. The molecule has 0 aliphatic carbocycles. The molecule has 20 heavy (non-hydrogen) atoms. The number of hydrogen-bond donors (Lipinski definition) is 1. The predicted molar refractivity (Wildman–Crippen MR) is 87.5 cm³/mol. The number of aryl methyl sites for hydroxylation is 4. The molecule has 0 heterocycles. The Kier molecular flexibility index (Phi) is 4.29. The second kappa shape index (κ2) is 5.80. The summed E-state index contributed by atoms with van der Waals surface area (Å²) < 4.78 is 0.963. The smallest absolute Gasteiger partial charge is 0.256 e. The van der Waals surface area contributed by atoms with Crippen molar-refractivity contribution >= 4 is 27.5 Å². The van der Waals surface area contributed by atoms with Crippen molar-refractivity contribution in [2.45, 2.75) is 27.7 Å². The standard InChI is InChI=1S/C17H18BrNO/c1-10-5-12(3)16(13(4)6-10)17(20)19-15-8-11(2)7-14(18)9-15/h5-9H,1-4H3,(H,19,20). The van der Waals surface area contributed by atoms with Gasteiger partial charge in [-0.15, -0.1) is 0 Å². The number of amides is 1. The third kappa shape index (κ3) is 3.28. The average molecular weight is 332 g/mol. The SMILES string of the molecule is Cc1cc(Br)cc(NC(=O)c2c(C)cc(C)cc2C)c1. The quantitative estimate of drug-likeness (QED) is 0.830. The summed E-state index contributed by atoms with van der Waals surface area (Å²) >= 11 is 3.45. The molecule has 3 heteroatoms. The zero-order valence-electron chi connectivity index (χ0n) is 12.2. The molecule has 0 spiro atoms. The van der Waals surface area contributed by atoms with Gasteiger partial charge < -0.3 is 5.32 Å². The molecule has 0 aliphatic heterocycles. The van der Waals surface area contributed by atoms with Gasteiger partial charge in [0.05, 0.1) is 0 Å². The van der Waals surface area contributed by atoms with Crippen LogP contribution in [0, 0.1) is 27.7 Å². The van der Waals surface area contributed by atoms with Gasteiger partial charge in [0.25, 0.3) is 5.91 Å². The summed E-state index contributed by atoms with van der Waals surface area (Å²) in [5.41, 5.74) is 5.86. The highest BCUT2D eigenvalue weighted by Crippen LogP contribution is 2.22. The van der Waals surface area contributed by atoms with Crippen LogP contribution in [0.3, 0.4) is 0 Å². The van der Waals surface area contributed by atoms with E-state index in [2.05, 4.69) is 21.2 Å². The summed E-state index contributed by atoms with van der Waals surface area (Å²) in [6.45, 7) is 7.99. The van der Waals surface area contributed by atoms with Crippen molar-refractivity contribution in [3.63, 3.8) is 0 Å². The lowest BCUT2D eigenvalue weighted by Gasteiger charge is -2.12. The summed E-state index contributed by atoms with van der Waals surface area (Å²) in [6.07, 6.45) is 0. The van der Waals surface area contributed by atoms with Crippen LogP contribution >= 0.6 is 15.9 Å². The van der Waals surface area contributed by atoms with Crippen LogP contribution in [0.25, 0.3) is 0 Å². The normalized spacial score (nSPS) is 10.4. The number of nitrogens with one attached hydrogen (secondary N) is 1. The second-order valence-electron chi connectivity index (χ2n) is 5.25. The molecule has 0 atom stereocenters. The van der Waals surface area contributed by atoms with Crippen LogP contribution in [0.2, 0.25) is 0 Å². The molecule has 1 amide bonds. The lowest BCUT2D eigenvalue weighted by Crippen LogP contribution is -2.15. The van der Waals surface area contributed by atoms with Gasteiger partial charge in [0, 0.05) is 15.7 Å². The highest BCUT2D eigenvalue weighted by atomic mass is 79.9. The van der Waals surface area contributed by atoms with Crippen molar-refractivity contribution in [1.82, 2.24) is 0 Å². The largest absolute Gasteiger partial charge is 0.322 e. The summed E-state index contributed by atoms with van der Waals surface area (Å²) in [7, 11) is 0. The Hall–Kier alpha value is -1.61. The first-order chi connectivity index (χ1) is 9.36. The molecule has 104 valence electrons. The van der Waals surface area contributed by atoms with E-state index in [0.29, 0.717) is 0 Å². The molecule has 0 aromatic heterocycles. The lowest BCUT2D eigenvalue weighted by atomic mass is 9.99. The predicted octanol–water partition coefficient (Wildman–Crippen LogP) is 4.94. The molecular weight excluding hydrogens is 314 g/mol. The summed E-state index contributed by atoms with van der Waals surface area (Å²) in [6, 6.07) is 9.95. The van der Waals surface area contributed by atoms with Crippen molar-refractivity contribution in [3.05, 3.63) is 62.6 Å². The second-order valence-corrected chi connectivity index (χ2v) is 6.16. The van der Waals surface area contributed by atoms with Gasteiger partial charge in [-0.2, -0.15) is 0 Å². The van der Waals surface area contributed by atoms with Crippen molar-refractivity contribution in [2.75, 3.05) is 5.32 Å². The fourth-order valence-corrected chi connectivity index (χ4v) is 3.15. The summed E-state index contributed by atoms with van der Waals surface area (Å²) in [5, 5.41) is 2.97. The van der Waals surface area contributed by atoms with Crippen LogP contribution in [0.5, 0.6) is 0 Å². The van der Waals surface area contributed by atoms with E-state index >= 15 is 0 Å². The lowest BCUT2D eigenvalue weighted by molar-refractivity contribution is 0.102. The van der Waals surface area contributed by atoms with E-state index in [4.69, 9.17) is 0 Å². The molecule has 2 aromatic rings. The van der Waals surface area contributed by atoms with Crippen LogP contribution in [0.1, 0.15) is 32.6 Å². The first-order valence-electron chi connectivity index (χ1n) is 6.53. The van der Waals surface area contributed by atoms with Gasteiger partial charge in [-0.1, -0.05) is 33.6 Å². The van der Waals surface area contributed by atoms with E-state index in [0.717, 1.165) is 32.4 Å². The first kappa shape index (κ1) is 14.8. The van der Waals surface area contributed by atoms with E-state index in [1.54, 1.807) is 0 Å². The Balaban J connectivity index is 2.33. The fourth-order valence-electron chi connectivity index (χ4n) is 2.54. The Morgan fingerprint density at radius 2 is 1.45 bits per heavy atom. The zero-order chi connectivity index (χ0) is 14.9. The van der Waals surface area contributed by atoms with Gasteiger partial charge in [-0.25, -0.2) is 0 Å². The number of rotatable bonds is 2. The number of carbonyl (C=O) groups is 1. The first-order valence-corrected chi connectivity index (χ1v) is 7.32. The summed E-state index contributed by atoms with van der Waals surface area (Å²) in [4.78, 5) is 12.5. The van der Waals surface area contributed by atoms with Crippen LogP contribution in [-0.2, 0) is 0 Å². The molecule has 0 saturated heterocycles. The van der Waals surface area contributed by atoms with E-state index in [1.807, 2.05) is 58.0 Å². The highest BCUT2D eigenvalue weighted by Gasteiger charge is 2.13. The van der Waals surface area contributed by atoms with Gasteiger partial charge in [0.2, 0.25) is 0 Å². The minimum Gasteiger partial charge on any atom is -0.322 e. The maximum atomic E-state index is 12.5. The topological polar surface area (TPSA) is 29.1 Å². The Bertz CT molecular complexity index is 633. The maximum Gasteiger partial charge on any atom is 0.256 e. The van der Waals surface area contributed by atoms with Gasteiger partial charge in [0.1, 0.15) is 0 Å². The van der Waals surface area contributed by atoms with Gasteiger partial charge in [-0.05, 0) is 62.6 Å².